The van der Waals surface area contributed by atoms with E-state index in [0.717, 1.165) is 34.0 Å². The maximum absolute atomic E-state index is 12.8. The van der Waals surface area contributed by atoms with E-state index in [2.05, 4.69) is 15.6 Å². The van der Waals surface area contributed by atoms with Gasteiger partial charge in [-0.15, -0.1) is 11.3 Å². The highest BCUT2D eigenvalue weighted by Gasteiger charge is 2.30. The Morgan fingerprint density at radius 1 is 1.06 bits per heavy atom. The molecule has 0 aliphatic carbocycles. The molecule has 32 heavy (non-hydrogen) atoms. The molecule has 0 atom stereocenters. The van der Waals surface area contributed by atoms with E-state index < -0.39 is 11.7 Å². The van der Waals surface area contributed by atoms with Gasteiger partial charge in [-0.2, -0.15) is 13.2 Å². The van der Waals surface area contributed by atoms with Crippen molar-refractivity contribution >= 4 is 22.9 Å². The lowest BCUT2D eigenvalue weighted by molar-refractivity contribution is -0.137. The van der Waals surface area contributed by atoms with E-state index in [1.54, 1.807) is 0 Å². The van der Waals surface area contributed by atoms with Gasteiger partial charge in [0.15, 0.2) is 0 Å². The van der Waals surface area contributed by atoms with E-state index in [0.29, 0.717) is 30.0 Å². The zero-order valence-electron chi connectivity index (χ0n) is 18.2. The van der Waals surface area contributed by atoms with Crippen molar-refractivity contribution in [3.63, 3.8) is 0 Å². The molecular formula is C24H26F3N3OS. The lowest BCUT2D eigenvalue weighted by atomic mass is 10.1. The molecule has 0 radical (unpaired) electrons. The molecule has 1 amide bonds. The average molecular weight is 462 g/mol. The first-order chi connectivity index (χ1) is 15.1. The molecular weight excluding hydrogens is 435 g/mol. The topological polar surface area (TPSA) is 54.0 Å². The second-order valence-electron chi connectivity index (χ2n) is 7.88. The van der Waals surface area contributed by atoms with Crippen LogP contribution >= 0.6 is 11.3 Å². The second-order valence-corrected chi connectivity index (χ2v) is 8.96. The molecule has 1 heterocycles. The third-order valence-corrected chi connectivity index (χ3v) is 6.06. The molecule has 0 aliphatic heterocycles. The summed E-state index contributed by atoms with van der Waals surface area (Å²) in [5, 5.41) is 6.94. The number of rotatable bonds is 8. The number of halogens is 3. The molecule has 8 heteroatoms. The van der Waals surface area contributed by atoms with Crippen molar-refractivity contribution in [1.82, 2.24) is 10.3 Å². The molecule has 2 N–H and O–H groups in total. The quantitative estimate of drug-likeness (QED) is 0.420. The van der Waals surface area contributed by atoms with Gasteiger partial charge in [0.1, 0.15) is 5.01 Å². The van der Waals surface area contributed by atoms with E-state index in [9.17, 15) is 18.0 Å². The predicted octanol–water partition coefficient (Wildman–Crippen LogP) is 6.21. The summed E-state index contributed by atoms with van der Waals surface area (Å²) in [5.41, 5.74) is 2.89. The van der Waals surface area contributed by atoms with Gasteiger partial charge in [0, 0.05) is 28.6 Å². The number of carbonyl (C=O) groups excluding carboxylic acids is 1. The highest BCUT2D eigenvalue weighted by Crippen LogP contribution is 2.33. The number of aromatic nitrogens is 1. The molecule has 1 aromatic heterocycles. The molecule has 3 rings (SSSR count). The molecule has 0 saturated heterocycles. The van der Waals surface area contributed by atoms with Crippen molar-refractivity contribution in [2.45, 2.75) is 52.4 Å². The number of hydrogen-bond acceptors (Lipinski definition) is 4. The number of amides is 1. The van der Waals surface area contributed by atoms with Crippen LogP contribution in [0.1, 0.15) is 42.0 Å². The summed E-state index contributed by atoms with van der Waals surface area (Å²) >= 11 is 1.47. The van der Waals surface area contributed by atoms with Crippen LogP contribution < -0.4 is 10.6 Å². The van der Waals surface area contributed by atoms with Crippen molar-refractivity contribution in [2.75, 3.05) is 5.32 Å². The van der Waals surface area contributed by atoms with E-state index in [-0.39, 0.29) is 11.9 Å². The van der Waals surface area contributed by atoms with Crippen molar-refractivity contribution < 1.29 is 18.0 Å². The number of benzene rings is 2. The number of aryl methyl sites for hydroxylation is 2. The lowest BCUT2D eigenvalue weighted by Crippen LogP contribution is -2.30. The van der Waals surface area contributed by atoms with Gasteiger partial charge < -0.3 is 10.6 Å². The van der Waals surface area contributed by atoms with Gasteiger partial charge in [0.2, 0.25) is 5.91 Å². The third-order valence-electron chi connectivity index (χ3n) is 4.85. The van der Waals surface area contributed by atoms with Crippen LogP contribution in [0, 0.1) is 6.92 Å². The summed E-state index contributed by atoms with van der Waals surface area (Å²) in [6.07, 6.45) is -3.20. The van der Waals surface area contributed by atoms with Crippen molar-refractivity contribution in [1.29, 1.82) is 0 Å². The summed E-state index contributed by atoms with van der Waals surface area (Å²) in [5.74, 6) is 0.0479. The molecule has 2 aromatic carbocycles. The number of thiazole rings is 1. The Morgan fingerprint density at radius 3 is 2.31 bits per heavy atom. The summed E-state index contributed by atoms with van der Waals surface area (Å²) in [6, 6.07) is 13.2. The molecule has 3 aromatic rings. The summed E-state index contributed by atoms with van der Waals surface area (Å²) in [7, 11) is 0. The molecule has 0 saturated carbocycles. The van der Waals surface area contributed by atoms with Gasteiger partial charge in [-0.1, -0.05) is 24.3 Å². The van der Waals surface area contributed by atoms with Gasteiger partial charge >= 0.3 is 6.18 Å². The number of hydrogen-bond donors (Lipinski definition) is 2. The number of nitrogens with zero attached hydrogens (tertiary/aromatic N) is 1. The Balaban J connectivity index is 1.57. The summed E-state index contributed by atoms with van der Waals surface area (Å²) in [4.78, 5) is 17.3. The zero-order chi connectivity index (χ0) is 23.3. The normalized spacial score (nSPS) is 11.6. The Hall–Kier alpha value is -2.87. The van der Waals surface area contributed by atoms with Crippen molar-refractivity contribution in [3.8, 4) is 10.6 Å². The summed E-state index contributed by atoms with van der Waals surface area (Å²) in [6.45, 7) is 6.35. The highest BCUT2D eigenvalue weighted by molar-refractivity contribution is 7.15. The van der Waals surface area contributed by atoms with Crippen LogP contribution in [-0.2, 0) is 23.9 Å². The average Bonchev–Trinajstić information content (AvgIpc) is 3.11. The van der Waals surface area contributed by atoms with E-state index in [1.165, 1.54) is 23.5 Å². The fourth-order valence-electron chi connectivity index (χ4n) is 3.14. The van der Waals surface area contributed by atoms with Crippen LogP contribution in [0.15, 0.2) is 48.5 Å². The maximum Gasteiger partial charge on any atom is 0.416 e. The largest absolute Gasteiger partial charge is 0.416 e. The monoisotopic (exact) mass is 461 g/mol. The molecule has 0 aliphatic rings. The Kier molecular flexibility index (Phi) is 7.56. The van der Waals surface area contributed by atoms with Gasteiger partial charge in [-0.25, -0.2) is 4.98 Å². The first-order valence-corrected chi connectivity index (χ1v) is 11.2. The van der Waals surface area contributed by atoms with Crippen LogP contribution in [0.25, 0.3) is 10.6 Å². The first kappa shape index (κ1) is 23.8. The minimum atomic E-state index is -4.34. The standard InChI is InChI=1S/C24H26F3N3OS/c1-15(2)29-22(31)13-6-17-4-11-20(12-5-17)28-14-21-16(3)30-23(32-21)18-7-9-19(10-8-18)24(25,26)27/h4-5,7-12,15,28H,6,13-14H2,1-3H3,(H,29,31). The first-order valence-electron chi connectivity index (χ1n) is 10.4. The van der Waals surface area contributed by atoms with Gasteiger partial charge in [-0.3, -0.25) is 4.79 Å². The predicted molar refractivity (Wildman–Crippen MR) is 123 cm³/mol. The van der Waals surface area contributed by atoms with Crippen LogP contribution in [0.4, 0.5) is 18.9 Å². The Bertz CT molecular complexity index is 1040. The highest BCUT2D eigenvalue weighted by atomic mass is 32.1. The molecule has 170 valence electrons. The summed E-state index contributed by atoms with van der Waals surface area (Å²) < 4.78 is 38.3. The zero-order valence-corrected chi connectivity index (χ0v) is 19.0. The number of carbonyl (C=O) groups is 1. The Morgan fingerprint density at radius 2 is 1.72 bits per heavy atom. The minimum Gasteiger partial charge on any atom is -0.380 e. The number of anilines is 1. The molecule has 0 fully saturated rings. The lowest BCUT2D eigenvalue weighted by Gasteiger charge is -2.09. The van der Waals surface area contributed by atoms with Crippen LogP contribution in [-0.4, -0.2) is 16.9 Å². The molecule has 0 bridgehead atoms. The van der Waals surface area contributed by atoms with Crippen molar-refractivity contribution in [2.24, 2.45) is 0 Å². The second kappa shape index (κ2) is 10.2. The van der Waals surface area contributed by atoms with Crippen LogP contribution in [0.5, 0.6) is 0 Å². The van der Waals surface area contributed by atoms with E-state index in [4.69, 9.17) is 0 Å². The minimum absolute atomic E-state index is 0.0479. The van der Waals surface area contributed by atoms with E-state index >= 15 is 0 Å². The van der Waals surface area contributed by atoms with Crippen LogP contribution in [0.2, 0.25) is 0 Å². The number of nitrogens with one attached hydrogen (secondary N) is 2. The third kappa shape index (κ3) is 6.56. The SMILES string of the molecule is Cc1nc(-c2ccc(C(F)(F)F)cc2)sc1CNc1ccc(CCC(=O)NC(C)C)cc1. The molecule has 0 spiro atoms. The molecule has 0 unspecified atom stereocenters. The Labute approximate surface area is 189 Å². The van der Waals surface area contributed by atoms with Gasteiger partial charge in [-0.05, 0) is 57.0 Å². The number of alkyl halides is 3. The molecule has 4 nitrogen and oxygen atoms in total. The van der Waals surface area contributed by atoms with Crippen LogP contribution in [0.3, 0.4) is 0 Å². The maximum atomic E-state index is 12.8. The fraction of sp³-hybridized carbons (Fsp3) is 0.333. The van der Waals surface area contributed by atoms with Gasteiger partial charge in [0.05, 0.1) is 17.8 Å². The van der Waals surface area contributed by atoms with Gasteiger partial charge in [0.25, 0.3) is 0 Å². The smallest absolute Gasteiger partial charge is 0.380 e. The van der Waals surface area contributed by atoms with E-state index in [1.807, 2.05) is 45.0 Å². The van der Waals surface area contributed by atoms with Crippen molar-refractivity contribution in [3.05, 3.63) is 70.2 Å². The fourth-order valence-corrected chi connectivity index (χ4v) is 4.15.